The molecule has 5 aromatic rings. The third-order valence-electron chi connectivity index (χ3n) is 6.23. The number of pyridine rings is 2. The fraction of sp³-hybridized carbons (Fsp3) is 0.167. The summed E-state index contributed by atoms with van der Waals surface area (Å²) in [6.45, 7) is 0. The van der Waals surface area contributed by atoms with Crippen molar-refractivity contribution in [3.8, 4) is 22.5 Å². The lowest BCUT2D eigenvalue weighted by Gasteiger charge is -2.38. The first kappa shape index (κ1) is 18.8. The van der Waals surface area contributed by atoms with Gasteiger partial charge in [-0.2, -0.15) is 0 Å². The standard InChI is InChI=1S/C24H19FN6O/c25-20-15(7-5-14-6-8-18(30-21(14)20)17-4-1-2-11-27-17)16-12-31(24(32)9-3-10-24)23-19(16)22(26)28-13-29-23/h1-2,4-8,11-13,32H,3,9-10H2,(H2,26,28,29). The molecule has 7 nitrogen and oxygen atoms in total. The van der Waals surface area contributed by atoms with Crippen LogP contribution in [0.3, 0.4) is 0 Å². The lowest BCUT2D eigenvalue weighted by molar-refractivity contribution is -0.103. The number of benzene rings is 1. The minimum absolute atomic E-state index is 0.237. The molecule has 0 spiro atoms. The average molecular weight is 426 g/mol. The van der Waals surface area contributed by atoms with Crippen molar-refractivity contribution in [3.63, 3.8) is 0 Å². The Bertz CT molecular complexity index is 1490. The Balaban J connectivity index is 1.59. The van der Waals surface area contributed by atoms with E-state index in [1.165, 1.54) is 6.33 Å². The van der Waals surface area contributed by atoms with E-state index in [0.29, 0.717) is 51.8 Å². The molecule has 0 amide bonds. The van der Waals surface area contributed by atoms with Gasteiger partial charge in [0.1, 0.15) is 29.0 Å². The first-order valence-corrected chi connectivity index (χ1v) is 10.4. The van der Waals surface area contributed by atoms with Crippen LogP contribution in [0.5, 0.6) is 0 Å². The molecule has 6 rings (SSSR count). The number of hydrogen-bond acceptors (Lipinski definition) is 6. The fourth-order valence-corrected chi connectivity index (χ4v) is 4.36. The van der Waals surface area contributed by atoms with E-state index in [2.05, 4.69) is 19.9 Å². The monoisotopic (exact) mass is 426 g/mol. The van der Waals surface area contributed by atoms with Crippen molar-refractivity contribution in [3.05, 3.63) is 67.0 Å². The topological polar surface area (TPSA) is 103 Å². The molecule has 8 heteroatoms. The van der Waals surface area contributed by atoms with Gasteiger partial charge < -0.3 is 15.4 Å². The van der Waals surface area contributed by atoms with E-state index >= 15 is 4.39 Å². The van der Waals surface area contributed by atoms with Gasteiger partial charge in [0.25, 0.3) is 0 Å². The van der Waals surface area contributed by atoms with Crippen LogP contribution in [0.4, 0.5) is 10.2 Å². The van der Waals surface area contributed by atoms with Crippen LogP contribution in [-0.4, -0.2) is 29.6 Å². The number of nitrogens with zero attached hydrogens (tertiary/aromatic N) is 5. The van der Waals surface area contributed by atoms with Crippen LogP contribution in [0.25, 0.3) is 44.5 Å². The van der Waals surface area contributed by atoms with Crippen LogP contribution >= 0.6 is 0 Å². The Labute approximate surface area is 182 Å². The van der Waals surface area contributed by atoms with E-state index in [1.807, 2.05) is 36.4 Å². The second-order valence-corrected chi connectivity index (χ2v) is 8.12. The number of fused-ring (bicyclic) bond motifs is 2. The van der Waals surface area contributed by atoms with Crippen LogP contribution in [0.15, 0.2) is 61.2 Å². The molecule has 3 N–H and O–H groups in total. The molecule has 1 aliphatic rings. The van der Waals surface area contributed by atoms with Crippen LogP contribution < -0.4 is 5.73 Å². The molecule has 1 aliphatic carbocycles. The first-order chi connectivity index (χ1) is 15.5. The van der Waals surface area contributed by atoms with Crippen LogP contribution in [0.2, 0.25) is 0 Å². The smallest absolute Gasteiger partial charge is 0.157 e. The van der Waals surface area contributed by atoms with Crippen molar-refractivity contribution >= 4 is 27.8 Å². The van der Waals surface area contributed by atoms with Crippen molar-refractivity contribution in [2.24, 2.45) is 0 Å². The van der Waals surface area contributed by atoms with Crippen molar-refractivity contribution < 1.29 is 9.50 Å². The van der Waals surface area contributed by atoms with Crippen LogP contribution in [-0.2, 0) is 5.72 Å². The highest BCUT2D eigenvalue weighted by atomic mass is 19.1. The van der Waals surface area contributed by atoms with Crippen molar-refractivity contribution in [1.82, 2.24) is 24.5 Å². The zero-order chi connectivity index (χ0) is 21.9. The maximum absolute atomic E-state index is 15.9. The number of aromatic nitrogens is 5. The number of hydrogen-bond donors (Lipinski definition) is 2. The lowest BCUT2D eigenvalue weighted by atomic mass is 9.88. The summed E-state index contributed by atoms with van der Waals surface area (Å²) in [5.41, 5.74) is 7.98. The summed E-state index contributed by atoms with van der Waals surface area (Å²) in [7, 11) is 0. The Hall–Kier alpha value is -3.91. The molecular formula is C24H19FN6O. The van der Waals surface area contributed by atoms with E-state index in [-0.39, 0.29) is 11.3 Å². The second-order valence-electron chi connectivity index (χ2n) is 8.12. The summed E-state index contributed by atoms with van der Waals surface area (Å²) >= 11 is 0. The summed E-state index contributed by atoms with van der Waals surface area (Å²) in [4.78, 5) is 17.3. The molecule has 0 unspecified atom stereocenters. The van der Waals surface area contributed by atoms with Crippen LogP contribution in [0.1, 0.15) is 19.3 Å². The first-order valence-electron chi connectivity index (χ1n) is 10.4. The van der Waals surface area contributed by atoms with E-state index in [1.54, 1.807) is 23.0 Å². The minimum Gasteiger partial charge on any atom is -0.383 e. The summed E-state index contributed by atoms with van der Waals surface area (Å²) in [6, 6.07) is 12.7. The molecular weight excluding hydrogens is 407 g/mol. The highest BCUT2D eigenvalue weighted by molar-refractivity contribution is 6.02. The molecule has 4 aromatic heterocycles. The van der Waals surface area contributed by atoms with Gasteiger partial charge in [-0.25, -0.2) is 19.3 Å². The molecule has 4 heterocycles. The zero-order valence-electron chi connectivity index (χ0n) is 17.0. The highest BCUT2D eigenvalue weighted by Gasteiger charge is 2.38. The van der Waals surface area contributed by atoms with Crippen molar-refractivity contribution in [2.45, 2.75) is 25.0 Å². The molecule has 158 valence electrons. The summed E-state index contributed by atoms with van der Waals surface area (Å²) in [6.07, 6.45) is 6.89. The third-order valence-corrected chi connectivity index (χ3v) is 6.23. The molecule has 1 aromatic carbocycles. The van der Waals surface area contributed by atoms with Crippen LogP contribution in [0, 0.1) is 5.82 Å². The van der Waals surface area contributed by atoms with Gasteiger partial charge in [0.2, 0.25) is 0 Å². The molecule has 1 saturated carbocycles. The number of halogens is 1. The second kappa shape index (κ2) is 6.80. The molecule has 0 aliphatic heterocycles. The van der Waals surface area contributed by atoms with E-state index in [9.17, 15) is 5.11 Å². The molecule has 0 radical (unpaired) electrons. The summed E-state index contributed by atoms with van der Waals surface area (Å²) in [5.74, 6) is -0.232. The fourth-order valence-electron chi connectivity index (χ4n) is 4.36. The minimum atomic E-state index is -1.05. The van der Waals surface area contributed by atoms with E-state index in [0.717, 1.165) is 6.42 Å². The van der Waals surface area contributed by atoms with E-state index in [4.69, 9.17) is 5.73 Å². The Morgan fingerprint density at radius 3 is 2.56 bits per heavy atom. The van der Waals surface area contributed by atoms with Gasteiger partial charge in [-0.15, -0.1) is 0 Å². The predicted octanol–water partition coefficient (Wildman–Crippen LogP) is 4.26. The SMILES string of the molecule is Nc1ncnc2c1c(-c1ccc3ccc(-c4ccccn4)nc3c1F)cn2C1(O)CCC1. The zero-order valence-corrected chi connectivity index (χ0v) is 17.0. The maximum atomic E-state index is 15.9. The van der Waals surface area contributed by atoms with Gasteiger partial charge >= 0.3 is 0 Å². The molecule has 0 bridgehead atoms. The lowest BCUT2D eigenvalue weighted by Crippen LogP contribution is -2.39. The molecule has 32 heavy (non-hydrogen) atoms. The third kappa shape index (κ3) is 2.69. The average Bonchev–Trinajstić information content (AvgIpc) is 3.19. The number of nitrogen functional groups attached to an aromatic ring is 1. The Morgan fingerprint density at radius 1 is 0.969 bits per heavy atom. The summed E-state index contributed by atoms with van der Waals surface area (Å²) in [5, 5.41) is 12.2. The van der Waals surface area contributed by atoms with Gasteiger partial charge in [-0.1, -0.05) is 24.3 Å². The van der Waals surface area contributed by atoms with Gasteiger partial charge in [0.05, 0.1) is 16.8 Å². The normalized spacial score (nSPS) is 15.2. The van der Waals surface area contributed by atoms with E-state index < -0.39 is 11.5 Å². The number of anilines is 1. The van der Waals surface area contributed by atoms with Gasteiger partial charge in [0.15, 0.2) is 5.82 Å². The predicted molar refractivity (Wildman–Crippen MR) is 120 cm³/mol. The highest BCUT2D eigenvalue weighted by Crippen LogP contribution is 2.43. The number of aliphatic hydroxyl groups is 1. The Morgan fingerprint density at radius 2 is 1.81 bits per heavy atom. The summed E-state index contributed by atoms with van der Waals surface area (Å²) < 4.78 is 17.6. The largest absolute Gasteiger partial charge is 0.383 e. The Kier molecular flexibility index (Phi) is 4.00. The number of rotatable bonds is 3. The van der Waals surface area contributed by atoms with Gasteiger partial charge in [-0.05, 0) is 37.5 Å². The quantitative estimate of drug-likeness (QED) is 0.447. The van der Waals surface area contributed by atoms with Crippen molar-refractivity contribution in [1.29, 1.82) is 0 Å². The molecule has 1 fully saturated rings. The maximum Gasteiger partial charge on any atom is 0.157 e. The number of nitrogens with two attached hydrogens (primary N) is 1. The molecule has 0 saturated heterocycles. The van der Waals surface area contributed by atoms with Gasteiger partial charge in [0, 0.05) is 28.9 Å². The van der Waals surface area contributed by atoms with Gasteiger partial charge in [-0.3, -0.25) is 4.98 Å². The van der Waals surface area contributed by atoms with Crippen molar-refractivity contribution in [2.75, 3.05) is 5.73 Å². The molecule has 0 atom stereocenters.